The summed E-state index contributed by atoms with van der Waals surface area (Å²) < 4.78 is 4.84. The molecule has 288 valence electrons. The van der Waals surface area contributed by atoms with E-state index in [1.54, 1.807) is 0 Å². The molecule has 0 spiro atoms. The van der Waals surface area contributed by atoms with Crippen molar-refractivity contribution in [2.24, 2.45) is 0 Å². The second kappa shape index (κ2) is 13.6. The van der Waals surface area contributed by atoms with Crippen molar-refractivity contribution in [3.8, 4) is 44.9 Å². The maximum Gasteiger partial charge on any atom is 0.0979 e. The summed E-state index contributed by atoms with van der Waals surface area (Å²) in [6.07, 6.45) is 1.96. The number of rotatable bonds is 5. The Balaban J connectivity index is 1.11. The van der Waals surface area contributed by atoms with Crippen LogP contribution in [0.3, 0.4) is 0 Å². The molecule has 3 aromatic heterocycles. The molecule has 13 rings (SSSR count). The van der Waals surface area contributed by atoms with E-state index >= 15 is 0 Å². The minimum atomic E-state index is 0.820. The van der Waals surface area contributed by atoms with Crippen LogP contribution in [0.1, 0.15) is 0 Å². The van der Waals surface area contributed by atoms with E-state index in [1.807, 2.05) is 6.20 Å². The fraction of sp³-hybridized carbons (Fsp3) is 0. The fourth-order valence-electron chi connectivity index (χ4n) is 9.89. The summed E-state index contributed by atoms with van der Waals surface area (Å²) in [5.41, 5.74) is 15.1. The Morgan fingerprint density at radius 2 is 0.694 bits per heavy atom. The van der Waals surface area contributed by atoms with E-state index in [1.165, 1.54) is 54.6 Å². The first-order chi connectivity index (χ1) is 30.7. The molecule has 0 saturated heterocycles. The minimum Gasteiger partial charge on any atom is -0.309 e. The molecule has 0 fully saturated rings. The van der Waals surface area contributed by atoms with E-state index in [-0.39, 0.29) is 0 Å². The molecule has 4 nitrogen and oxygen atoms in total. The molecule has 3 heterocycles. The van der Waals surface area contributed by atoms with Crippen LogP contribution in [-0.2, 0) is 0 Å². The van der Waals surface area contributed by atoms with E-state index in [0.29, 0.717) is 0 Å². The molecule has 0 N–H and O–H groups in total. The molecule has 4 heteroatoms. The Labute approximate surface area is 357 Å². The molecule has 0 bridgehead atoms. The van der Waals surface area contributed by atoms with Gasteiger partial charge in [0.2, 0.25) is 0 Å². The molecule has 0 aliphatic rings. The van der Waals surface area contributed by atoms with Crippen molar-refractivity contribution >= 4 is 76.2 Å². The predicted octanol–water partition coefficient (Wildman–Crippen LogP) is 15.1. The normalized spacial score (nSPS) is 11.9. The van der Waals surface area contributed by atoms with Gasteiger partial charge in [0.1, 0.15) is 0 Å². The molecule has 62 heavy (non-hydrogen) atoms. The topological polar surface area (TPSA) is 35.6 Å². The first-order valence-corrected chi connectivity index (χ1v) is 21.1. The zero-order valence-corrected chi connectivity index (χ0v) is 33.6. The van der Waals surface area contributed by atoms with Crippen molar-refractivity contribution in [2.45, 2.75) is 0 Å². The Kier molecular flexibility index (Phi) is 7.57. The Morgan fingerprint density at radius 3 is 1.21 bits per heavy atom. The molecule has 10 aromatic carbocycles. The van der Waals surface area contributed by atoms with E-state index in [0.717, 1.165) is 66.5 Å². The second-order valence-electron chi connectivity index (χ2n) is 16.2. The van der Waals surface area contributed by atoms with Gasteiger partial charge < -0.3 is 9.13 Å². The van der Waals surface area contributed by atoms with Gasteiger partial charge in [-0.3, -0.25) is 4.98 Å². The molecule has 0 saturated carbocycles. The van der Waals surface area contributed by atoms with Crippen molar-refractivity contribution in [3.63, 3.8) is 0 Å². The summed E-state index contributed by atoms with van der Waals surface area (Å²) in [5, 5.41) is 9.41. The number of nitrogens with zero attached hydrogens (tertiary/aromatic N) is 4. The predicted molar refractivity (Wildman–Crippen MR) is 260 cm³/mol. The van der Waals surface area contributed by atoms with Gasteiger partial charge in [-0.15, -0.1) is 0 Å². The van der Waals surface area contributed by atoms with E-state index in [2.05, 4.69) is 221 Å². The number of fused-ring (bicyclic) bond motifs is 12. The van der Waals surface area contributed by atoms with E-state index in [4.69, 9.17) is 9.97 Å². The van der Waals surface area contributed by atoms with Crippen molar-refractivity contribution < 1.29 is 0 Å². The lowest BCUT2D eigenvalue weighted by molar-refractivity contribution is 1.13. The summed E-state index contributed by atoms with van der Waals surface area (Å²) in [4.78, 5) is 10.7. The van der Waals surface area contributed by atoms with Crippen LogP contribution >= 0.6 is 0 Å². The Bertz CT molecular complexity index is 3710. The van der Waals surface area contributed by atoms with Crippen molar-refractivity contribution in [2.75, 3.05) is 0 Å². The molecule has 0 unspecified atom stereocenters. The highest BCUT2D eigenvalue weighted by atomic mass is 15.0. The maximum absolute atomic E-state index is 5.53. The molecule has 0 atom stereocenters. The first kappa shape index (κ1) is 34.5. The maximum atomic E-state index is 5.53. The SMILES string of the molecule is c1ccc(-c2ccc3c(c2)c2ccccc2n3-c2cc(-c3cnc4c5ccccc5c5ccccc5c4n3)cc(-n3c4ccccc4c4cc(-c5ccccc5)ccc43)c2)cc1. The van der Waals surface area contributed by atoms with Crippen LogP contribution in [-0.4, -0.2) is 19.1 Å². The van der Waals surface area contributed by atoms with Gasteiger partial charge in [-0.05, 0) is 87.6 Å². The smallest absolute Gasteiger partial charge is 0.0979 e. The molecule has 0 aliphatic carbocycles. The lowest BCUT2D eigenvalue weighted by Crippen LogP contribution is -2.01. The molecule has 0 amide bonds. The highest BCUT2D eigenvalue weighted by Crippen LogP contribution is 2.41. The van der Waals surface area contributed by atoms with Crippen molar-refractivity contribution in [1.29, 1.82) is 0 Å². The summed E-state index contributed by atoms with van der Waals surface area (Å²) in [7, 11) is 0. The Morgan fingerprint density at radius 1 is 0.274 bits per heavy atom. The van der Waals surface area contributed by atoms with Crippen molar-refractivity contribution in [3.05, 3.63) is 219 Å². The van der Waals surface area contributed by atoms with Crippen LogP contribution in [0.4, 0.5) is 0 Å². The van der Waals surface area contributed by atoms with Crippen LogP contribution in [0, 0.1) is 0 Å². The number of hydrogen-bond donors (Lipinski definition) is 0. The van der Waals surface area contributed by atoms with Crippen LogP contribution in [0.2, 0.25) is 0 Å². The Hall–Kier alpha value is -8.34. The third-order valence-corrected chi connectivity index (χ3v) is 12.7. The van der Waals surface area contributed by atoms with Gasteiger partial charge in [0.05, 0.1) is 45.0 Å². The number of aromatic nitrogens is 4. The van der Waals surface area contributed by atoms with E-state index in [9.17, 15) is 0 Å². The molecule has 0 aliphatic heterocycles. The summed E-state index contributed by atoms with van der Waals surface area (Å²) >= 11 is 0. The van der Waals surface area contributed by atoms with Gasteiger partial charge in [0.25, 0.3) is 0 Å². The van der Waals surface area contributed by atoms with Gasteiger partial charge >= 0.3 is 0 Å². The third kappa shape index (κ3) is 5.27. The summed E-state index contributed by atoms with van der Waals surface area (Å²) in [5.74, 6) is 0. The molecular formula is C58H36N4. The largest absolute Gasteiger partial charge is 0.309 e. The standard InChI is InChI=1S/C58H36N4/c1-3-15-37(16-4-1)39-27-29-55-50(33-39)46-21-11-13-25-53(46)61(55)42-31-41(52-36-59-57-48-23-9-7-19-44(48)45-20-8-10-24-49(45)58(57)60-52)32-43(35-42)62-54-26-14-12-22-47(54)51-34-40(28-30-56(51)62)38-17-5-2-6-18-38/h1-36H. The quantitative estimate of drug-likeness (QED) is 0.163. The highest BCUT2D eigenvalue weighted by molar-refractivity contribution is 6.23. The van der Waals surface area contributed by atoms with Gasteiger partial charge in [-0.2, -0.15) is 0 Å². The monoisotopic (exact) mass is 788 g/mol. The van der Waals surface area contributed by atoms with Gasteiger partial charge in [-0.1, -0.05) is 158 Å². The zero-order valence-electron chi connectivity index (χ0n) is 33.6. The average Bonchev–Trinajstić information content (AvgIpc) is 3.86. The van der Waals surface area contributed by atoms with Crippen LogP contribution in [0.25, 0.3) is 121 Å². The van der Waals surface area contributed by atoms with Crippen molar-refractivity contribution in [1.82, 2.24) is 19.1 Å². The lowest BCUT2D eigenvalue weighted by Gasteiger charge is -2.16. The van der Waals surface area contributed by atoms with Crippen LogP contribution in [0.15, 0.2) is 219 Å². The van der Waals surface area contributed by atoms with Crippen LogP contribution < -0.4 is 0 Å². The molecule has 0 radical (unpaired) electrons. The van der Waals surface area contributed by atoms with Gasteiger partial charge in [0, 0.05) is 49.3 Å². The van der Waals surface area contributed by atoms with E-state index < -0.39 is 0 Å². The fourth-order valence-corrected chi connectivity index (χ4v) is 9.89. The molecular weight excluding hydrogens is 753 g/mol. The zero-order chi connectivity index (χ0) is 40.7. The first-order valence-electron chi connectivity index (χ1n) is 21.1. The molecule has 13 aromatic rings. The number of para-hydroxylation sites is 2. The third-order valence-electron chi connectivity index (χ3n) is 12.7. The summed E-state index contributed by atoms with van der Waals surface area (Å²) in [6, 6.07) is 76.6. The highest BCUT2D eigenvalue weighted by Gasteiger charge is 2.20. The van der Waals surface area contributed by atoms with Gasteiger partial charge in [0.15, 0.2) is 0 Å². The lowest BCUT2D eigenvalue weighted by atomic mass is 9.99. The second-order valence-corrected chi connectivity index (χ2v) is 16.2. The van der Waals surface area contributed by atoms with Crippen LogP contribution in [0.5, 0.6) is 0 Å². The number of benzene rings is 10. The summed E-state index contributed by atoms with van der Waals surface area (Å²) in [6.45, 7) is 0. The number of hydrogen-bond acceptors (Lipinski definition) is 2. The minimum absolute atomic E-state index is 0.820. The van der Waals surface area contributed by atoms with Gasteiger partial charge in [-0.25, -0.2) is 4.98 Å². The average molecular weight is 789 g/mol.